The zero-order valence-corrected chi connectivity index (χ0v) is 10.2. The number of anilines is 3. The van der Waals surface area contributed by atoms with E-state index in [4.69, 9.17) is 5.26 Å². The summed E-state index contributed by atoms with van der Waals surface area (Å²) in [7, 11) is 1.62. The van der Waals surface area contributed by atoms with Crippen LogP contribution in [-0.4, -0.2) is 22.2 Å². The molecule has 0 saturated heterocycles. The summed E-state index contributed by atoms with van der Waals surface area (Å²) in [6.45, 7) is 0. The monoisotopic (exact) mass is 282 g/mol. The third-order valence-corrected chi connectivity index (χ3v) is 2.42. The summed E-state index contributed by atoms with van der Waals surface area (Å²) in [6.07, 6.45) is -4.60. The largest absolute Gasteiger partial charge is 0.417 e. The van der Waals surface area contributed by atoms with Crippen molar-refractivity contribution in [2.24, 2.45) is 0 Å². The van der Waals surface area contributed by atoms with Crippen molar-refractivity contribution in [3.05, 3.63) is 29.3 Å². The number of rotatable bonds is 3. The second-order valence-electron chi connectivity index (χ2n) is 3.75. The Morgan fingerprint density at radius 2 is 2.10 bits per heavy atom. The van der Waals surface area contributed by atoms with Crippen molar-refractivity contribution in [1.82, 2.24) is 15.2 Å². The number of nitrogens with one attached hydrogen (secondary N) is 3. The highest BCUT2D eigenvalue weighted by Crippen LogP contribution is 2.33. The Labute approximate surface area is 111 Å². The van der Waals surface area contributed by atoms with Gasteiger partial charge in [-0.2, -0.15) is 23.4 Å². The summed E-state index contributed by atoms with van der Waals surface area (Å²) < 4.78 is 38.4. The van der Waals surface area contributed by atoms with Gasteiger partial charge in [-0.25, -0.2) is 5.10 Å². The number of nitriles is 1. The molecule has 2 aromatic rings. The Hall–Kier alpha value is -2.76. The Bertz CT molecular complexity index is 655. The maximum absolute atomic E-state index is 12.8. The minimum absolute atomic E-state index is 0.118. The molecule has 9 heteroatoms. The third-order valence-electron chi connectivity index (χ3n) is 2.42. The van der Waals surface area contributed by atoms with Gasteiger partial charge in [0.25, 0.3) is 0 Å². The lowest BCUT2D eigenvalue weighted by Gasteiger charge is -2.10. The fraction of sp³-hybridized carbons (Fsp3) is 0.182. The average Bonchev–Trinajstić information content (AvgIpc) is 2.85. The first-order valence-electron chi connectivity index (χ1n) is 5.42. The SMILES string of the molecule is CNc1nc(Nc2ccc(C#N)c(C(F)(F)F)c2)n[nH]1. The Morgan fingerprint density at radius 1 is 1.35 bits per heavy atom. The molecule has 1 aromatic carbocycles. The van der Waals surface area contributed by atoms with Crippen LogP contribution in [0.4, 0.5) is 30.8 Å². The highest BCUT2D eigenvalue weighted by molar-refractivity contribution is 5.58. The highest BCUT2D eigenvalue weighted by Gasteiger charge is 2.33. The van der Waals surface area contributed by atoms with Crippen LogP contribution in [-0.2, 0) is 6.18 Å². The van der Waals surface area contributed by atoms with Crippen molar-refractivity contribution in [1.29, 1.82) is 5.26 Å². The highest BCUT2D eigenvalue weighted by atomic mass is 19.4. The molecule has 3 N–H and O–H groups in total. The molecule has 0 aliphatic heterocycles. The van der Waals surface area contributed by atoms with E-state index in [2.05, 4.69) is 25.8 Å². The molecule has 20 heavy (non-hydrogen) atoms. The number of halogens is 3. The van der Waals surface area contributed by atoms with E-state index in [0.29, 0.717) is 5.95 Å². The molecular weight excluding hydrogens is 273 g/mol. The van der Waals surface area contributed by atoms with Crippen molar-refractivity contribution in [3.8, 4) is 6.07 Å². The van der Waals surface area contributed by atoms with E-state index < -0.39 is 17.3 Å². The maximum atomic E-state index is 12.8. The second kappa shape index (κ2) is 5.08. The summed E-state index contributed by atoms with van der Waals surface area (Å²) in [6, 6.07) is 4.80. The standard InChI is InChI=1S/C11H9F3N6/c1-16-9-18-10(20-19-9)17-7-3-2-6(5-15)8(4-7)11(12,13)14/h2-4H,1H3,(H3,16,17,18,19,20). The molecule has 0 atom stereocenters. The van der Waals surface area contributed by atoms with Gasteiger partial charge in [0, 0.05) is 12.7 Å². The van der Waals surface area contributed by atoms with Crippen molar-refractivity contribution in [2.75, 3.05) is 17.7 Å². The number of nitrogens with zero attached hydrogens (tertiary/aromatic N) is 3. The van der Waals surface area contributed by atoms with Gasteiger partial charge in [0.1, 0.15) is 0 Å². The molecule has 1 aromatic heterocycles. The van der Waals surface area contributed by atoms with Crippen LogP contribution >= 0.6 is 0 Å². The molecule has 0 aliphatic carbocycles. The molecule has 0 fully saturated rings. The Balaban J connectivity index is 2.32. The smallest absolute Gasteiger partial charge is 0.358 e. The zero-order valence-electron chi connectivity index (χ0n) is 10.2. The molecule has 0 spiro atoms. The van der Waals surface area contributed by atoms with Gasteiger partial charge in [0.2, 0.25) is 11.9 Å². The van der Waals surface area contributed by atoms with E-state index in [1.807, 2.05) is 0 Å². The second-order valence-corrected chi connectivity index (χ2v) is 3.75. The summed E-state index contributed by atoms with van der Waals surface area (Å²) in [5.74, 6) is 0.490. The lowest BCUT2D eigenvalue weighted by molar-refractivity contribution is -0.137. The fourth-order valence-electron chi connectivity index (χ4n) is 1.51. The summed E-state index contributed by atoms with van der Waals surface area (Å²) >= 11 is 0. The van der Waals surface area contributed by atoms with Crippen LogP contribution in [0.2, 0.25) is 0 Å². The van der Waals surface area contributed by atoms with Crippen LogP contribution in [0.1, 0.15) is 11.1 Å². The predicted molar refractivity (Wildman–Crippen MR) is 65.4 cm³/mol. The number of alkyl halides is 3. The molecule has 0 saturated carbocycles. The van der Waals surface area contributed by atoms with E-state index in [1.54, 1.807) is 7.05 Å². The first kappa shape index (κ1) is 13.7. The van der Waals surface area contributed by atoms with E-state index in [-0.39, 0.29) is 11.6 Å². The van der Waals surface area contributed by atoms with Crippen molar-refractivity contribution < 1.29 is 13.2 Å². The minimum Gasteiger partial charge on any atom is -0.358 e. The van der Waals surface area contributed by atoms with E-state index >= 15 is 0 Å². The van der Waals surface area contributed by atoms with E-state index in [9.17, 15) is 13.2 Å². The first-order chi connectivity index (χ1) is 9.44. The predicted octanol–water partition coefficient (Wildman–Crippen LogP) is 2.48. The fourth-order valence-corrected chi connectivity index (χ4v) is 1.51. The summed E-state index contributed by atoms with van der Waals surface area (Å²) in [5, 5.41) is 20.3. The minimum atomic E-state index is -4.60. The van der Waals surface area contributed by atoms with Crippen LogP contribution in [0.15, 0.2) is 18.2 Å². The Morgan fingerprint density at radius 3 is 2.65 bits per heavy atom. The van der Waals surface area contributed by atoms with Crippen molar-refractivity contribution in [2.45, 2.75) is 6.18 Å². The average molecular weight is 282 g/mol. The number of aromatic amines is 1. The maximum Gasteiger partial charge on any atom is 0.417 e. The van der Waals surface area contributed by atoms with Crippen LogP contribution in [0.5, 0.6) is 0 Å². The molecular formula is C11H9F3N6. The van der Waals surface area contributed by atoms with Crippen LogP contribution in [0, 0.1) is 11.3 Å². The van der Waals surface area contributed by atoms with Gasteiger partial charge in [-0.3, -0.25) is 0 Å². The normalized spacial score (nSPS) is 10.9. The molecule has 6 nitrogen and oxygen atoms in total. The zero-order chi connectivity index (χ0) is 14.8. The quantitative estimate of drug-likeness (QED) is 0.804. The van der Waals surface area contributed by atoms with Gasteiger partial charge in [-0.05, 0) is 18.2 Å². The molecule has 0 amide bonds. The van der Waals surface area contributed by atoms with Gasteiger partial charge in [0.15, 0.2) is 0 Å². The van der Waals surface area contributed by atoms with E-state index in [1.165, 1.54) is 12.1 Å². The molecule has 1 heterocycles. The van der Waals surface area contributed by atoms with Crippen LogP contribution in [0.25, 0.3) is 0 Å². The molecule has 0 aliphatic rings. The third kappa shape index (κ3) is 2.80. The number of hydrogen-bond donors (Lipinski definition) is 3. The van der Waals surface area contributed by atoms with Crippen molar-refractivity contribution >= 4 is 17.6 Å². The molecule has 0 unspecified atom stereocenters. The number of benzene rings is 1. The molecule has 0 bridgehead atoms. The lowest BCUT2D eigenvalue weighted by Crippen LogP contribution is -2.08. The van der Waals surface area contributed by atoms with Gasteiger partial charge < -0.3 is 10.6 Å². The molecule has 0 radical (unpaired) electrons. The molecule has 2 rings (SSSR count). The number of aromatic nitrogens is 3. The van der Waals surface area contributed by atoms with Gasteiger partial charge in [-0.15, -0.1) is 5.10 Å². The first-order valence-corrected chi connectivity index (χ1v) is 5.42. The number of hydrogen-bond acceptors (Lipinski definition) is 5. The topological polar surface area (TPSA) is 89.4 Å². The van der Waals surface area contributed by atoms with Crippen LogP contribution < -0.4 is 10.6 Å². The number of H-pyrrole nitrogens is 1. The van der Waals surface area contributed by atoms with Crippen molar-refractivity contribution in [3.63, 3.8) is 0 Å². The van der Waals surface area contributed by atoms with Gasteiger partial charge in [0.05, 0.1) is 17.2 Å². The van der Waals surface area contributed by atoms with Gasteiger partial charge in [-0.1, -0.05) is 0 Å². The van der Waals surface area contributed by atoms with Gasteiger partial charge >= 0.3 is 6.18 Å². The summed E-state index contributed by atoms with van der Waals surface area (Å²) in [4.78, 5) is 3.92. The summed E-state index contributed by atoms with van der Waals surface area (Å²) in [5.41, 5.74) is -1.30. The lowest BCUT2D eigenvalue weighted by atomic mass is 10.1. The van der Waals surface area contributed by atoms with E-state index in [0.717, 1.165) is 12.1 Å². The molecule has 104 valence electrons. The van der Waals surface area contributed by atoms with Crippen LogP contribution in [0.3, 0.4) is 0 Å². The Kier molecular flexibility index (Phi) is 3.47.